The third kappa shape index (κ3) is 35.8. The number of nitrogens with zero attached hydrogens (tertiary/aromatic N) is 2. The van der Waals surface area contributed by atoms with Gasteiger partial charge in [-0.2, -0.15) is 5.06 Å². The number of ketones is 4. The first-order chi connectivity index (χ1) is 54.6. The lowest BCUT2D eigenvalue weighted by molar-refractivity contribution is -0.148. The van der Waals surface area contributed by atoms with Gasteiger partial charge >= 0.3 is 5.97 Å². The van der Waals surface area contributed by atoms with E-state index in [0.29, 0.717) is 44.3 Å². The van der Waals surface area contributed by atoms with Crippen LogP contribution < -0.4 is 37.6 Å². The molecule has 8 amide bonds. The number of anilines is 1. The van der Waals surface area contributed by atoms with Crippen LogP contribution in [0.3, 0.4) is 0 Å². The van der Waals surface area contributed by atoms with Crippen molar-refractivity contribution in [2.75, 3.05) is 39.4 Å². The van der Waals surface area contributed by atoms with E-state index in [1.807, 2.05) is 147 Å². The molecule has 3 aromatic rings. The van der Waals surface area contributed by atoms with Crippen molar-refractivity contribution in [3.05, 3.63) is 102 Å². The van der Waals surface area contributed by atoms with Crippen LogP contribution in [-0.2, 0) is 78.3 Å². The van der Waals surface area contributed by atoms with Crippen LogP contribution in [0.5, 0.6) is 0 Å². The molecule has 1 saturated carbocycles. The van der Waals surface area contributed by atoms with Crippen LogP contribution in [0.2, 0.25) is 0 Å². The maximum Gasteiger partial charge on any atom is 0.325 e. The van der Waals surface area contributed by atoms with E-state index in [2.05, 4.69) is 22.3 Å². The van der Waals surface area contributed by atoms with Gasteiger partial charge < -0.3 is 25.4 Å². The van der Waals surface area contributed by atoms with Crippen LogP contribution in [0.25, 0.3) is 0 Å². The van der Waals surface area contributed by atoms with Gasteiger partial charge in [0.25, 0.3) is 11.8 Å². The molecule has 28 heteroatoms. The summed E-state index contributed by atoms with van der Waals surface area (Å²) in [5.41, 5.74) is 9.12. The van der Waals surface area contributed by atoms with Gasteiger partial charge in [-0.1, -0.05) is 212 Å². The quantitative estimate of drug-likeness (QED) is 0.0109. The number of carbonyl (C=O) groups is 13. The summed E-state index contributed by atoms with van der Waals surface area (Å²) in [6.07, 6.45) is 14.7. The number of hydrogen-bond donors (Lipinski definition) is 11. The van der Waals surface area contributed by atoms with E-state index >= 15 is 0 Å². The smallest absolute Gasteiger partial charge is 0.325 e. The molecule has 6 rings (SSSR count). The van der Waals surface area contributed by atoms with Crippen molar-refractivity contribution in [1.29, 1.82) is 0 Å². The maximum absolute atomic E-state index is 13.6. The summed E-state index contributed by atoms with van der Waals surface area (Å²) in [4.78, 5) is 168. The average Bonchev–Trinajstić information content (AvgIpc) is 0.805. The fraction of sp³-hybridized carbons (Fsp3) is 0.644. The van der Waals surface area contributed by atoms with Crippen molar-refractivity contribution in [3.8, 4) is 0 Å². The fourth-order valence-electron chi connectivity index (χ4n) is 15.4. The predicted molar refractivity (Wildman–Crippen MR) is 432 cm³/mol. The Bertz CT molecular complexity index is 3490. The number of esters is 1. The molecule has 115 heavy (non-hydrogen) atoms. The van der Waals surface area contributed by atoms with Gasteiger partial charge in [0.15, 0.2) is 0 Å². The number of aliphatic hydroxyl groups excluding tert-OH is 1. The Balaban J connectivity index is 0.000000401. The number of likely N-dealkylation sites (tertiary alicyclic amines) is 1. The largest absolute Gasteiger partial charge is 0.468 e. The maximum atomic E-state index is 13.6. The van der Waals surface area contributed by atoms with Crippen molar-refractivity contribution in [2.45, 2.75) is 248 Å². The van der Waals surface area contributed by atoms with E-state index < -0.39 is 88.6 Å². The Morgan fingerprint density at radius 1 is 0.530 bits per heavy atom. The Labute approximate surface area is 680 Å². The third-order valence-corrected chi connectivity index (χ3v) is 21.6. The number of amides is 8. The van der Waals surface area contributed by atoms with Crippen LogP contribution in [0.1, 0.15) is 252 Å². The van der Waals surface area contributed by atoms with E-state index in [4.69, 9.17) is 25.7 Å². The van der Waals surface area contributed by atoms with Crippen LogP contribution >= 0.6 is 0 Å². The Morgan fingerprint density at radius 3 is 1.53 bits per heavy atom. The lowest BCUT2D eigenvalue weighted by Gasteiger charge is -2.33. The van der Waals surface area contributed by atoms with Crippen LogP contribution in [0, 0.1) is 76.4 Å². The molecule has 2 fully saturated rings. The number of para-hydroxylation sites is 1. The van der Waals surface area contributed by atoms with Gasteiger partial charge in [-0.25, -0.2) is 21.9 Å². The summed E-state index contributed by atoms with van der Waals surface area (Å²) in [5, 5.41) is 52.8. The molecule has 642 valence electrons. The summed E-state index contributed by atoms with van der Waals surface area (Å²) >= 11 is 0. The fourth-order valence-corrected chi connectivity index (χ4v) is 15.4. The number of benzene rings is 3. The van der Waals surface area contributed by atoms with E-state index in [1.54, 1.807) is 23.5 Å². The first-order valence-corrected chi connectivity index (χ1v) is 41.1. The van der Waals surface area contributed by atoms with Gasteiger partial charge in [-0.15, -0.1) is 0 Å². The first kappa shape index (κ1) is 101. The van der Waals surface area contributed by atoms with E-state index in [9.17, 15) is 67.4 Å². The molecule has 9 atom stereocenters. The number of carbonyl (C=O) groups excluding carboxylic acids is 13. The van der Waals surface area contributed by atoms with E-state index in [1.165, 1.54) is 55.3 Å². The summed E-state index contributed by atoms with van der Waals surface area (Å²) in [5.74, 6) is -8.54. The number of methoxy groups -OCH3 is 1. The number of ether oxygens (including phenoxy) is 1. The monoisotopic (exact) mass is 1610 g/mol. The zero-order valence-electron chi connectivity index (χ0n) is 70.2. The molecule has 28 nitrogen and oxygen atoms in total. The minimum absolute atomic E-state index is 0.0209. The zero-order valence-corrected chi connectivity index (χ0v) is 70.2. The molecule has 0 bridgehead atoms. The van der Waals surface area contributed by atoms with Gasteiger partial charge in [0.1, 0.15) is 35.8 Å². The second-order valence-electron chi connectivity index (χ2n) is 33.1. The molecule has 0 aromatic heterocycles. The topological polar surface area (TPSA) is 420 Å². The average molecular weight is 1610 g/mol. The molecule has 0 radical (unpaired) electrons. The number of hydroxylamine groups is 5. The van der Waals surface area contributed by atoms with Crippen LogP contribution in [-0.4, -0.2) is 148 Å². The summed E-state index contributed by atoms with van der Waals surface area (Å²) in [6, 6.07) is 26.3. The molecule has 2 heterocycles. The molecule has 1 saturated heterocycles. The lowest BCUT2D eigenvalue weighted by atomic mass is 9.74. The first-order valence-electron chi connectivity index (χ1n) is 41.1. The van der Waals surface area contributed by atoms with E-state index in [-0.39, 0.29) is 134 Å². The number of aliphatic hydroxyl groups is 1. The third-order valence-electron chi connectivity index (χ3n) is 21.6. The highest BCUT2D eigenvalue weighted by Gasteiger charge is 2.42. The number of hydrogen-bond acceptors (Lipinski definition) is 20. The number of fused-ring (bicyclic) bond motifs is 1. The second kappa shape index (κ2) is 53.5. The van der Waals surface area contributed by atoms with Crippen molar-refractivity contribution in [1.82, 2.24) is 37.5 Å². The molecule has 2 aliphatic heterocycles. The molecule has 0 unspecified atom stereocenters. The number of nitrogens with one attached hydrogen (secondary N) is 6. The van der Waals surface area contributed by atoms with Gasteiger partial charge in [0, 0.05) is 94.0 Å². The minimum Gasteiger partial charge on any atom is -0.468 e. The Morgan fingerprint density at radius 2 is 1.03 bits per heavy atom. The second-order valence-corrected chi connectivity index (χ2v) is 33.1. The van der Waals surface area contributed by atoms with Crippen molar-refractivity contribution in [3.63, 3.8) is 0 Å². The van der Waals surface area contributed by atoms with Crippen LogP contribution in [0.15, 0.2) is 84.9 Å². The van der Waals surface area contributed by atoms with Gasteiger partial charge in [0.2, 0.25) is 35.4 Å². The summed E-state index contributed by atoms with van der Waals surface area (Å²) < 4.78 is 4.66. The Kier molecular flexibility index (Phi) is 46.8. The molecule has 3 aromatic carbocycles. The minimum atomic E-state index is -1.69. The van der Waals surface area contributed by atoms with Crippen LogP contribution in [0.4, 0.5) is 5.69 Å². The van der Waals surface area contributed by atoms with Gasteiger partial charge in [-0.3, -0.25) is 88.0 Å². The highest BCUT2D eigenvalue weighted by molar-refractivity contribution is 6.00. The van der Waals surface area contributed by atoms with E-state index in [0.717, 1.165) is 74.5 Å². The normalized spacial score (nSPS) is 16.8. The van der Waals surface area contributed by atoms with Crippen molar-refractivity contribution < 1.29 is 97.8 Å². The molecular formula is C87H134N8O20. The SMILES string of the molecule is CC(C)C[C@@H](C(=O)C[C@H](C(=O)NC(c1ccccc1)c1ccccc1)C(C)(C)C)[C@H](O)C(=O)NO.CCCCCCCC[C@H](CC(=O)NO)C(=O)C[C@H]1CCCCN(CC(=O)OC)C1=O.CNC(=O)[C@@H](CC(=O)[C@@H](CC(=O)NO)CC(C)C)C1CCCCC1.CON1C(=O)[C@@H](CC(=O)[C@@H](CC(=O)NO)CC(C)C)Cc2ccccc21. The van der Waals surface area contributed by atoms with Crippen molar-refractivity contribution in [2.24, 2.45) is 76.4 Å². The molecule has 11 N–H and O–H groups in total. The highest BCUT2D eigenvalue weighted by atomic mass is 16.7. The Hall–Kier alpha value is -8.67. The lowest BCUT2D eigenvalue weighted by Crippen LogP contribution is -2.45. The number of unbranched alkanes of at least 4 members (excludes halogenated alkanes) is 5. The number of rotatable bonds is 42. The van der Waals surface area contributed by atoms with Gasteiger partial charge in [0.05, 0.1) is 37.8 Å². The molecule has 0 spiro atoms. The predicted octanol–water partition coefficient (Wildman–Crippen LogP) is 11.8. The summed E-state index contributed by atoms with van der Waals surface area (Å²) in [6.45, 7) is 19.9. The van der Waals surface area contributed by atoms with Gasteiger partial charge in [-0.05, 0) is 110 Å². The number of Topliss-reactive ketones (excluding diaryl/α,β-unsaturated/α-hetero) is 4. The summed E-state index contributed by atoms with van der Waals surface area (Å²) in [7, 11) is 4.31. The highest BCUT2D eigenvalue weighted by Crippen LogP contribution is 2.38. The molecule has 3 aliphatic rings. The van der Waals surface area contributed by atoms with Crippen molar-refractivity contribution >= 4 is 82.0 Å². The molecule has 1 aliphatic carbocycles. The molecular weight excluding hydrogens is 1480 g/mol. The standard InChI is InChI=1S/C28H38N2O5.C22H38N2O6.C19H26N2O5.C18H32N2O4/c1-18(2)16-21(25(32)27(34)30-35)23(31)17-22(28(3,4)5)26(33)29-24(19-12-8-6-9-13-19)20-14-10-7-11-15-20;1-3-4-5-6-7-8-11-17(15-20(26)23-29)19(25)14-18-12-9-10-13-24(22(18)28)16-21(27)30-2;1-12(2)8-14(11-18(23)20-25)17(22)10-15-9-13-6-4-5-7-16(13)21(26-3)19(15)24;1-12(2)9-14(10-17(22)20-24)16(21)11-15(18(23)19-3)13-7-5-4-6-8-13/h6-15,18,21-22,24-25,32,35H,16-17H2,1-5H3,(H,29,33)(H,30,34);17-18,29H,3-16H2,1-2H3,(H,23,26);4-7,12,14-15,25H,8-11H2,1-3H3,(H,20,23);12-15,24H,4-11H2,1-3H3,(H,19,23)(H,20,22)/t21-,22+,25-;17-,18-;14-,15-;14-,15+/m0111/s1. The zero-order chi connectivity index (χ0) is 85.9.